The predicted octanol–water partition coefficient (Wildman–Crippen LogP) is 5.62. The third kappa shape index (κ3) is 8.35. The molecule has 226 valence electrons. The van der Waals surface area contributed by atoms with E-state index in [0.29, 0.717) is 18.8 Å². The van der Waals surface area contributed by atoms with E-state index in [-0.39, 0.29) is 23.0 Å². The molecule has 0 saturated heterocycles. The number of rotatable bonds is 12. The summed E-state index contributed by atoms with van der Waals surface area (Å²) >= 11 is 0. The zero-order valence-electron chi connectivity index (χ0n) is 25.7. The van der Waals surface area contributed by atoms with Gasteiger partial charge in [0.25, 0.3) is 10.0 Å². The second kappa shape index (κ2) is 13.9. The molecule has 3 aromatic carbocycles. The van der Waals surface area contributed by atoms with Gasteiger partial charge in [0.2, 0.25) is 11.8 Å². The van der Waals surface area contributed by atoms with Gasteiger partial charge in [0, 0.05) is 12.1 Å². The minimum atomic E-state index is -4.20. The van der Waals surface area contributed by atoms with Crippen molar-refractivity contribution in [3.8, 4) is 5.75 Å². The minimum absolute atomic E-state index is 0.0509. The Bertz CT molecular complexity index is 1480. The van der Waals surface area contributed by atoms with Crippen molar-refractivity contribution in [2.45, 2.75) is 77.9 Å². The number of ether oxygens (including phenoxy) is 1. The van der Waals surface area contributed by atoms with Gasteiger partial charge in [0.05, 0.1) is 17.2 Å². The molecule has 0 aliphatic carbocycles. The lowest BCUT2D eigenvalue weighted by Crippen LogP contribution is -2.55. The van der Waals surface area contributed by atoms with Crippen LogP contribution < -0.4 is 14.4 Å². The zero-order chi connectivity index (χ0) is 31.1. The van der Waals surface area contributed by atoms with Gasteiger partial charge >= 0.3 is 0 Å². The Morgan fingerprint density at radius 1 is 0.905 bits per heavy atom. The number of hydrogen-bond acceptors (Lipinski definition) is 5. The molecule has 8 nitrogen and oxygen atoms in total. The molecule has 0 spiro atoms. The Morgan fingerprint density at radius 2 is 1.57 bits per heavy atom. The summed E-state index contributed by atoms with van der Waals surface area (Å²) in [6.45, 7) is 13.1. The highest BCUT2D eigenvalue weighted by atomic mass is 32.2. The largest absolute Gasteiger partial charge is 0.492 e. The van der Waals surface area contributed by atoms with Crippen molar-refractivity contribution in [1.29, 1.82) is 0 Å². The van der Waals surface area contributed by atoms with E-state index in [0.717, 1.165) is 21.0 Å². The maximum atomic E-state index is 14.3. The summed E-state index contributed by atoms with van der Waals surface area (Å²) in [6, 6.07) is 20.1. The van der Waals surface area contributed by atoms with Gasteiger partial charge in [0.15, 0.2) is 0 Å². The molecule has 0 radical (unpaired) electrons. The number of hydrogen-bond donors (Lipinski definition) is 1. The fourth-order valence-corrected chi connectivity index (χ4v) is 6.10. The van der Waals surface area contributed by atoms with Crippen LogP contribution in [0.4, 0.5) is 5.69 Å². The van der Waals surface area contributed by atoms with E-state index in [2.05, 4.69) is 5.32 Å². The van der Waals surface area contributed by atoms with Crippen molar-refractivity contribution in [2.75, 3.05) is 17.5 Å². The highest BCUT2D eigenvalue weighted by Crippen LogP contribution is 2.33. The molecule has 3 rings (SSSR count). The third-order valence-electron chi connectivity index (χ3n) is 6.64. The van der Waals surface area contributed by atoms with Gasteiger partial charge in [-0.2, -0.15) is 0 Å². The second-order valence-corrected chi connectivity index (χ2v) is 13.3. The molecule has 1 unspecified atom stereocenters. The quantitative estimate of drug-likeness (QED) is 0.294. The van der Waals surface area contributed by atoms with Crippen LogP contribution in [0.1, 0.15) is 57.7 Å². The van der Waals surface area contributed by atoms with E-state index in [9.17, 15) is 18.0 Å². The van der Waals surface area contributed by atoms with E-state index >= 15 is 0 Å². The van der Waals surface area contributed by atoms with Gasteiger partial charge in [-0.15, -0.1) is 0 Å². The maximum Gasteiger partial charge on any atom is 0.264 e. The Labute approximate surface area is 250 Å². The van der Waals surface area contributed by atoms with Gasteiger partial charge < -0.3 is 15.0 Å². The summed E-state index contributed by atoms with van der Waals surface area (Å²) in [5.74, 6) is -0.464. The Kier molecular flexibility index (Phi) is 10.8. The average molecular weight is 594 g/mol. The molecular formula is C33H43N3O5S. The number of sulfonamides is 1. The van der Waals surface area contributed by atoms with E-state index in [1.165, 1.54) is 17.0 Å². The van der Waals surface area contributed by atoms with Crippen LogP contribution in [0.15, 0.2) is 77.7 Å². The van der Waals surface area contributed by atoms with E-state index < -0.39 is 34.1 Å². The lowest BCUT2D eigenvalue weighted by Gasteiger charge is -2.35. The molecule has 0 aliphatic heterocycles. The number of benzene rings is 3. The first-order chi connectivity index (χ1) is 19.8. The maximum absolute atomic E-state index is 14.3. The smallest absolute Gasteiger partial charge is 0.264 e. The standard InChI is InChI=1S/C33H43N3O5S/c1-8-28(32(38)34-33(5,6)7)35(22-26-14-12-13-25(4)21-26)31(37)23-36(29-15-10-11-16-30(29)41-9-2)42(39,40)27-19-17-24(3)18-20-27/h10-21,28H,8-9,22-23H2,1-7H3,(H,34,38). The average Bonchev–Trinajstić information content (AvgIpc) is 2.91. The number of nitrogens with zero attached hydrogens (tertiary/aromatic N) is 2. The number of amides is 2. The summed E-state index contributed by atoms with van der Waals surface area (Å²) in [5, 5.41) is 2.99. The van der Waals surface area contributed by atoms with Gasteiger partial charge in [-0.05, 0) is 77.8 Å². The minimum Gasteiger partial charge on any atom is -0.492 e. The lowest BCUT2D eigenvalue weighted by molar-refractivity contribution is -0.141. The van der Waals surface area contributed by atoms with Gasteiger partial charge in [-0.25, -0.2) is 8.42 Å². The fourth-order valence-electron chi connectivity index (χ4n) is 4.67. The zero-order valence-corrected chi connectivity index (χ0v) is 26.5. The highest BCUT2D eigenvalue weighted by molar-refractivity contribution is 7.92. The van der Waals surface area contributed by atoms with Crippen LogP contribution in [0.2, 0.25) is 0 Å². The lowest BCUT2D eigenvalue weighted by atomic mass is 10.0. The van der Waals surface area contributed by atoms with Gasteiger partial charge in [-0.1, -0.05) is 66.6 Å². The first-order valence-electron chi connectivity index (χ1n) is 14.2. The molecule has 0 aromatic heterocycles. The molecule has 9 heteroatoms. The Hall–Kier alpha value is -3.85. The van der Waals surface area contributed by atoms with Crippen molar-refractivity contribution in [3.05, 3.63) is 89.5 Å². The molecule has 2 amide bonds. The van der Waals surface area contributed by atoms with Gasteiger partial charge in [-0.3, -0.25) is 13.9 Å². The van der Waals surface area contributed by atoms with Crippen LogP contribution in [0, 0.1) is 13.8 Å². The molecule has 42 heavy (non-hydrogen) atoms. The van der Waals surface area contributed by atoms with Crippen molar-refractivity contribution >= 4 is 27.5 Å². The molecule has 0 bridgehead atoms. The van der Waals surface area contributed by atoms with Crippen molar-refractivity contribution < 1.29 is 22.7 Å². The number of carbonyl (C=O) groups is 2. The fraction of sp³-hybridized carbons (Fsp3) is 0.394. The number of carbonyl (C=O) groups excluding carboxylic acids is 2. The monoisotopic (exact) mass is 593 g/mol. The topological polar surface area (TPSA) is 96.0 Å². The molecule has 1 N–H and O–H groups in total. The van der Waals surface area contributed by atoms with Gasteiger partial charge in [0.1, 0.15) is 18.3 Å². The van der Waals surface area contributed by atoms with Crippen molar-refractivity contribution in [3.63, 3.8) is 0 Å². The van der Waals surface area contributed by atoms with Crippen LogP contribution in [0.25, 0.3) is 0 Å². The highest BCUT2D eigenvalue weighted by Gasteiger charge is 2.35. The van der Waals surface area contributed by atoms with Crippen LogP contribution in [0.5, 0.6) is 5.75 Å². The predicted molar refractivity (Wildman–Crippen MR) is 167 cm³/mol. The number of para-hydroxylation sites is 2. The number of aryl methyl sites for hydroxylation is 2. The van der Waals surface area contributed by atoms with Crippen molar-refractivity contribution in [1.82, 2.24) is 10.2 Å². The van der Waals surface area contributed by atoms with Crippen LogP contribution in [0.3, 0.4) is 0 Å². The normalized spacial score (nSPS) is 12.4. The van der Waals surface area contributed by atoms with E-state index in [1.54, 1.807) is 36.4 Å². The number of nitrogens with one attached hydrogen (secondary N) is 1. The first-order valence-corrected chi connectivity index (χ1v) is 15.7. The van der Waals surface area contributed by atoms with Crippen LogP contribution in [-0.4, -0.2) is 49.9 Å². The van der Waals surface area contributed by atoms with E-state index in [1.807, 2.05) is 72.7 Å². The van der Waals surface area contributed by atoms with E-state index in [4.69, 9.17) is 4.74 Å². The third-order valence-corrected chi connectivity index (χ3v) is 8.42. The Morgan fingerprint density at radius 3 is 2.17 bits per heavy atom. The molecule has 0 heterocycles. The first kappa shape index (κ1) is 32.7. The summed E-state index contributed by atoms with van der Waals surface area (Å²) in [6.07, 6.45) is 0.347. The van der Waals surface area contributed by atoms with Crippen molar-refractivity contribution in [2.24, 2.45) is 0 Å². The number of anilines is 1. The molecular weight excluding hydrogens is 550 g/mol. The summed E-state index contributed by atoms with van der Waals surface area (Å²) in [4.78, 5) is 29.3. The summed E-state index contributed by atoms with van der Waals surface area (Å²) < 4.78 is 35.2. The molecule has 1 atom stereocenters. The summed E-state index contributed by atoms with van der Waals surface area (Å²) in [5.41, 5.74) is 2.50. The van der Waals surface area contributed by atoms with Crippen LogP contribution >= 0.6 is 0 Å². The second-order valence-electron chi connectivity index (χ2n) is 11.4. The SMILES string of the molecule is CCOc1ccccc1N(CC(=O)N(Cc1cccc(C)c1)C(CC)C(=O)NC(C)(C)C)S(=O)(=O)c1ccc(C)cc1. The molecule has 0 saturated carbocycles. The Balaban J connectivity index is 2.13. The summed E-state index contributed by atoms with van der Waals surface area (Å²) in [7, 11) is -4.20. The molecule has 3 aromatic rings. The molecule has 0 aliphatic rings. The molecule has 0 fully saturated rings. The van der Waals surface area contributed by atoms with Crippen LogP contribution in [-0.2, 0) is 26.2 Å².